The van der Waals surface area contributed by atoms with Crippen molar-refractivity contribution in [2.75, 3.05) is 10.5 Å². The van der Waals surface area contributed by atoms with Crippen LogP contribution in [-0.4, -0.2) is 8.42 Å². The standard InChI is InChI=1S/C12H8ClF3N2O2S/c13-7-2-1-6(14)5-10(7)21(19,20)18-12-9(17)4-3-8(15)11(12)16/h1-5,18H,17H2. The van der Waals surface area contributed by atoms with E-state index in [9.17, 15) is 21.6 Å². The first kappa shape index (κ1) is 15.5. The van der Waals surface area contributed by atoms with Gasteiger partial charge in [0.15, 0.2) is 11.6 Å². The zero-order valence-electron chi connectivity index (χ0n) is 10.2. The zero-order chi connectivity index (χ0) is 15.8. The highest BCUT2D eigenvalue weighted by Crippen LogP contribution is 2.29. The number of nitrogens with two attached hydrogens (primary N) is 1. The molecule has 3 N–H and O–H groups in total. The van der Waals surface area contributed by atoms with E-state index in [4.69, 9.17) is 17.3 Å². The van der Waals surface area contributed by atoms with Crippen LogP contribution >= 0.6 is 11.6 Å². The Balaban J connectivity index is 2.53. The lowest BCUT2D eigenvalue weighted by Crippen LogP contribution is -2.16. The Bertz CT molecular complexity index is 812. The summed E-state index contributed by atoms with van der Waals surface area (Å²) in [5.41, 5.74) is 4.31. The van der Waals surface area contributed by atoms with Gasteiger partial charge in [-0.15, -0.1) is 0 Å². The third-order valence-electron chi connectivity index (χ3n) is 2.55. The SMILES string of the molecule is Nc1ccc(F)c(F)c1NS(=O)(=O)c1cc(F)ccc1Cl. The molecule has 0 aliphatic rings. The van der Waals surface area contributed by atoms with E-state index in [1.165, 1.54) is 0 Å². The molecule has 0 fully saturated rings. The van der Waals surface area contributed by atoms with Gasteiger partial charge in [-0.05, 0) is 30.3 Å². The van der Waals surface area contributed by atoms with Crippen molar-refractivity contribution >= 4 is 33.0 Å². The lowest BCUT2D eigenvalue weighted by Gasteiger charge is -2.12. The summed E-state index contributed by atoms with van der Waals surface area (Å²) in [6.45, 7) is 0. The van der Waals surface area contributed by atoms with Gasteiger partial charge in [0.1, 0.15) is 16.4 Å². The van der Waals surface area contributed by atoms with Crippen LogP contribution in [0.2, 0.25) is 5.02 Å². The molecule has 112 valence electrons. The van der Waals surface area contributed by atoms with Gasteiger partial charge in [0.05, 0.1) is 10.7 Å². The summed E-state index contributed by atoms with van der Waals surface area (Å²) in [5, 5.41) is -0.278. The number of rotatable bonds is 3. The van der Waals surface area contributed by atoms with Gasteiger partial charge in [-0.25, -0.2) is 21.6 Å². The Morgan fingerprint density at radius 2 is 1.76 bits per heavy atom. The van der Waals surface area contributed by atoms with E-state index >= 15 is 0 Å². The van der Waals surface area contributed by atoms with Crippen LogP contribution in [0.3, 0.4) is 0 Å². The van der Waals surface area contributed by atoms with Crippen molar-refractivity contribution in [2.24, 2.45) is 0 Å². The molecule has 0 aromatic heterocycles. The molecule has 0 bridgehead atoms. The quantitative estimate of drug-likeness (QED) is 0.846. The molecule has 21 heavy (non-hydrogen) atoms. The van der Waals surface area contributed by atoms with E-state index in [-0.39, 0.29) is 10.7 Å². The summed E-state index contributed by atoms with van der Waals surface area (Å²) < 4.78 is 65.8. The molecule has 0 radical (unpaired) electrons. The lowest BCUT2D eigenvalue weighted by atomic mass is 10.2. The average molecular weight is 337 g/mol. The molecule has 9 heteroatoms. The van der Waals surface area contributed by atoms with Gasteiger partial charge in [-0.1, -0.05) is 11.6 Å². The van der Waals surface area contributed by atoms with Gasteiger partial charge in [0, 0.05) is 0 Å². The van der Waals surface area contributed by atoms with Crippen LogP contribution in [0.15, 0.2) is 35.2 Å². The second-order valence-corrected chi connectivity index (χ2v) is 6.06. The van der Waals surface area contributed by atoms with Crippen molar-refractivity contribution in [2.45, 2.75) is 4.90 Å². The highest BCUT2D eigenvalue weighted by atomic mass is 35.5. The Hall–Kier alpha value is -1.93. The number of halogens is 4. The zero-order valence-corrected chi connectivity index (χ0v) is 11.8. The molecule has 0 amide bonds. The first-order valence-electron chi connectivity index (χ1n) is 5.43. The first-order valence-corrected chi connectivity index (χ1v) is 7.30. The Labute approximate surface area is 123 Å². The third kappa shape index (κ3) is 3.06. The number of sulfonamides is 1. The van der Waals surface area contributed by atoms with Crippen molar-refractivity contribution in [1.82, 2.24) is 0 Å². The van der Waals surface area contributed by atoms with Gasteiger partial charge >= 0.3 is 0 Å². The molecule has 0 aliphatic carbocycles. The number of hydrogen-bond acceptors (Lipinski definition) is 3. The molecule has 2 aromatic carbocycles. The van der Waals surface area contributed by atoms with E-state index < -0.39 is 38.1 Å². The predicted molar refractivity (Wildman–Crippen MR) is 73.0 cm³/mol. The van der Waals surface area contributed by atoms with E-state index in [0.717, 1.165) is 24.3 Å². The highest BCUT2D eigenvalue weighted by molar-refractivity contribution is 7.92. The molecule has 0 spiro atoms. The molecular formula is C12H8ClF3N2O2S. The Morgan fingerprint density at radius 3 is 2.43 bits per heavy atom. The molecule has 2 rings (SSSR count). The van der Waals surface area contributed by atoms with Crippen molar-refractivity contribution in [1.29, 1.82) is 0 Å². The van der Waals surface area contributed by atoms with Crippen molar-refractivity contribution in [3.63, 3.8) is 0 Å². The topological polar surface area (TPSA) is 72.2 Å². The van der Waals surface area contributed by atoms with Gasteiger partial charge in [0.25, 0.3) is 10.0 Å². The second kappa shape index (κ2) is 5.45. The second-order valence-electron chi connectivity index (χ2n) is 4.01. The van der Waals surface area contributed by atoms with Crippen LogP contribution in [0.5, 0.6) is 0 Å². The van der Waals surface area contributed by atoms with Crippen LogP contribution in [0.4, 0.5) is 24.5 Å². The van der Waals surface area contributed by atoms with Gasteiger partial charge in [0.2, 0.25) is 0 Å². The van der Waals surface area contributed by atoms with Crippen LogP contribution < -0.4 is 10.5 Å². The van der Waals surface area contributed by atoms with E-state index in [2.05, 4.69) is 0 Å². The van der Waals surface area contributed by atoms with E-state index in [1.54, 1.807) is 4.72 Å². The highest BCUT2D eigenvalue weighted by Gasteiger charge is 2.23. The summed E-state index contributed by atoms with van der Waals surface area (Å²) in [4.78, 5) is -0.618. The van der Waals surface area contributed by atoms with Crippen LogP contribution in [0, 0.1) is 17.5 Å². The minimum Gasteiger partial charge on any atom is -0.397 e. The monoisotopic (exact) mass is 336 g/mol. The van der Waals surface area contributed by atoms with Gasteiger partial charge in [-0.3, -0.25) is 4.72 Å². The number of nitrogen functional groups attached to an aromatic ring is 1. The molecule has 4 nitrogen and oxygen atoms in total. The van der Waals surface area contributed by atoms with Crippen LogP contribution in [0.25, 0.3) is 0 Å². The first-order chi connectivity index (χ1) is 9.72. The minimum atomic E-state index is -4.44. The fourth-order valence-electron chi connectivity index (χ4n) is 1.54. The largest absolute Gasteiger partial charge is 0.397 e. The smallest absolute Gasteiger partial charge is 0.263 e. The molecule has 0 aliphatic heterocycles. The molecule has 0 saturated heterocycles. The number of benzene rings is 2. The van der Waals surface area contributed by atoms with Gasteiger partial charge in [-0.2, -0.15) is 0 Å². The normalized spacial score (nSPS) is 11.4. The minimum absolute atomic E-state index is 0.278. The summed E-state index contributed by atoms with van der Waals surface area (Å²) in [5.74, 6) is -3.61. The number of anilines is 2. The summed E-state index contributed by atoms with van der Waals surface area (Å²) in [6, 6.07) is 4.37. The summed E-state index contributed by atoms with van der Waals surface area (Å²) in [6.07, 6.45) is 0. The fourth-order valence-corrected chi connectivity index (χ4v) is 3.14. The van der Waals surface area contributed by atoms with Crippen LogP contribution in [-0.2, 0) is 10.0 Å². The lowest BCUT2D eigenvalue weighted by molar-refractivity contribution is 0.512. The molecule has 0 heterocycles. The predicted octanol–water partition coefficient (Wildman–Crippen LogP) is 3.14. The Kier molecular flexibility index (Phi) is 4.02. The summed E-state index contributed by atoms with van der Waals surface area (Å²) in [7, 11) is -4.44. The van der Waals surface area contributed by atoms with E-state index in [1.807, 2.05) is 0 Å². The maximum Gasteiger partial charge on any atom is 0.263 e. The summed E-state index contributed by atoms with van der Waals surface area (Å²) >= 11 is 5.67. The molecular weight excluding hydrogens is 329 g/mol. The number of hydrogen-bond donors (Lipinski definition) is 2. The average Bonchev–Trinajstić information content (AvgIpc) is 2.42. The fraction of sp³-hybridized carbons (Fsp3) is 0. The van der Waals surface area contributed by atoms with E-state index in [0.29, 0.717) is 6.07 Å². The maximum atomic E-state index is 13.6. The van der Waals surface area contributed by atoms with Crippen molar-refractivity contribution in [3.05, 3.63) is 52.8 Å². The van der Waals surface area contributed by atoms with Crippen molar-refractivity contribution < 1.29 is 21.6 Å². The van der Waals surface area contributed by atoms with Crippen LogP contribution in [0.1, 0.15) is 0 Å². The molecule has 0 saturated carbocycles. The Morgan fingerprint density at radius 1 is 1.10 bits per heavy atom. The number of nitrogens with one attached hydrogen (secondary N) is 1. The molecule has 2 aromatic rings. The molecule has 0 atom stereocenters. The van der Waals surface area contributed by atoms with Gasteiger partial charge < -0.3 is 5.73 Å². The third-order valence-corrected chi connectivity index (χ3v) is 4.38. The van der Waals surface area contributed by atoms with Crippen molar-refractivity contribution in [3.8, 4) is 0 Å². The molecule has 0 unspecified atom stereocenters. The maximum absolute atomic E-state index is 13.6.